The first-order chi connectivity index (χ1) is 8.47. The average Bonchev–Trinajstić information content (AvgIpc) is 2.27. The Hall–Kier alpha value is -0.780. The predicted molar refractivity (Wildman–Crippen MR) is 73.2 cm³/mol. The van der Waals surface area contributed by atoms with E-state index in [9.17, 15) is 9.90 Å². The molecule has 1 aliphatic carbocycles. The van der Waals surface area contributed by atoms with E-state index in [2.05, 4.69) is 21.2 Å². The summed E-state index contributed by atoms with van der Waals surface area (Å²) in [4.78, 5) is 11.4. The highest BCUT2D eigenvalue weighted by molar-refractivity contribution is 9.10. The van der Waals surface area contributed by atoms with Crippen molar-refractivity contribution in [2.45, 2.75) is 24.5 Å². The number of carboxylic acids is 1. The zero-order valence-corrected chi connectivity index (χ0v) is 12.1. The lowest BCUT2D eigenvalue weighted by atomic mass is 9.74. The summed E-state index contributed by atoms with van der Waals surface area (Å²) in [5.74, 6) is -0.859. The van der Waals surface area contributed by atoms with Crippen LogP contribution in [0.3, 0.4) is 0 Å². The Kier molecular flexibility index (Phi) is 3.84. The van der Waals surface area contributed by atoms with Gasteiger partial charge in [-0.2, -0.15) is 0 Å². The van der Waals surface area contributed by atoms with Crippen molar-refractivity contribution in [3.05, 3.63) is 27.7 Å². The monoisotopic (exact) mass is 333 g/mol. The van der Waals surface area contributed by atoms with E-state index in [4.69, 9.17) is 16.3 Å². The number of carbonyl (C=O) groups is 1. The highest BCUT2D eigenvalue weighted by Gasteiger charge is 2.51. The third-order valence-corrected chi connectivity index (χ3v) is 4.41. The molecule has 0 spiro atoms. The molecule has 1 saturated carbocycles. The molecular weight excluding hydrogens is 321 g/mol. The molecule has 0 radical (unpaired) electrons. The van der Waals surface area contributed by atoms with Crippen molar-refractivity contribution in [2.24, 2.45) is 0 Å². The Morgan fingerprint density at radius 3 is 2.78 bits per heavy atom. The quantitative estimate of drug-likeness (QED) is 0.888. The van der Waals surface area contributed by atoms with Gasteiger partial charge in [-0.05, 0) is 34.1 Å². The van der Waals surface area contributed by atoms with Gasteiger partial charge in [0.1, 0.15) is 5.54 Å². The SMILES string of the molecule is COC1CC(Nc2ccc(Cl)c(Br)c2)(C(=O)O)C1. The minimum Gasteiger partial charge on any atom is -0.480 e. The van der Waals surface area contributed by atoms with Gasteiger partial charge >= 0.3 is 5.97 Å². The number of anilines is 1. The standard InChI is InChI=1S/C12H13BrClNO3/c1-18-8-5-12(6-8,11(16)17)15-7-2-3-10(14)9(13)4-7/h2-4,8,15H,5-6H2,1H3,(H,16,17). The highest BCUT2D eigenvalue weighted by Crippen LogP contribution is 2.38. The summed E-state index contributed by atoms with van der Waals surface area (Å²) in [6, 6.07) is 5.25. The number of ether oxygens (including phenoxy) is 1. The van der Waals surface area contributed by atoms with Crippen LogP contribution >= 0.6 is 27.5 Å². The van der Waals surface area contributed by atoms with Crippen LogP contribution in [0.1, 0.15) is 12.8 Å². The number of methoxy groups -OCH3 is 1. The molecule has 4 nitrogen and oxygen atoms in total. The zero-order valence-electron chi connectivity index (χ0n) is 9.74. The maximum Gasteiger partial charge on any atom is 0.329 e. The molecule has 0 atom stereocenters. The molecule has 0 unspecified atom stereocenters. The number of hydrogen-bond donors (Lipinski definition) is 2. The highest BCUT2D eigenvalue weighted by atomic mass is 79.9. The van der Waals surface area contributed by atoms with Gasteiger partial charge < -0.3 is 15.2 Å². The van der Waals surface area contributed by atoms with Gasteiger partial charge in [0.05, 0.1) is 11.1 Å². The summed E-state index contributed by atoms with van der Waals surface area (Å²) >= 11 is 9.21. The third kappa shape index (κ3) is 2.48. The van der Waals surface area contributed by atoms with Crippen LogP contribution < -0.4 is 5.32 Å². The lowest BCUT2D eigenvalue weighted by Gasteiger charge is -2.44. The molecular formula is C12H13BrClNO3. The van der Waals surface area contributed by atoms with Crippen LogP contribution in [0.15, 0.2) is 22.7 Å². The van der Waals surface area contributed by atoms with Gasteiger partial charge in [-0.3, -0.25) is 0 Å². The van der Waals surface area contributed by atoms with Crippen molar-refractivity contribution in [1.29, 1.82) is 0 Å². The van der Waals surface area contributed by atoms with Gasteiger partial charge in [-0.15, -0.1) is 0 Å². The fourth-order valence-electron chi connectivity index (χ4n) is 2.06. The molecule has 1 aromatic rings. The van der Waals surface area contributed by atoms with Gasteiger partial charge in [-0.1, -0.05) is 11.6 Å². The molecule has 0 saturated heterocycles. The fourth-order valence-corrected chi connectivity index (χ4v) is 2.56. The minimum absolute atomic E-state index is 0.00402. The Morgan fingerprint density at radius 2 is 2.28 bits per heavy atom. The van der Waals surface area contributed by atoms with Gasteiger partial charge in [-0.25, -0.2) is 4.79 Å². The van der Waals surface area contributed by atoms with E-state index in [0.29, 0.717) is 17.9 Å². The molecule has 1 aliphatic rings. The Bertz CT molecular complexity index is 474. The Balaban J connectivity index is 2.15. The molecule has 6 heteroatoms. The minimum atomic E-state index is -0.937. The van der Waals surface area contributed by atoms with Gasteiger partial charge in [0.25, 0.3) is 0 Å². The van der Waals surface area contributed by atoms with Gasteiger partial charge in [0, 0.05) is 30.1 Å². The number of hydrogen-bond acceptors (Lipinski definition) is 3. The largest absolute Gasteiger partial charge is 0.480 e. The maximum absolute atomic E-state index is 11.4. The summed E-state index contributed by atoms with van der Waals surface area (Å²) in [5.41, 5.74) is -0.211. The summed E-state index contributed by atoms with van der Waals surface area (Å²) < 4.78 is 5.87. The lowest BCUT2D eigenvalue weighted by Crippen LogP contribution is -2.59. The van der Waals surface area contributed by atoms with Crippen molar-refractivity contribution in [1.82, 2.24) is 0 Å². The average molecular weight is 335 g/mol. The molecule has 2 N–H and O–H groups in total. The van der Waals surface area contributed by atoms with Crippen molar-refractivity contribution in [3.8, 4) is 0 Å². The predicted octanol–water partition coefficient (Wildman–Crippen LogP) is 3.15. The second kappa shape index (κ2) is 5.07. The van der Waals surface area contributed by atoms with E-state index in [-0.39, 0.29) is 6.10 Å². The summed E-state index contributed by atoms with van der Waals surface area (Å²) in [6.45, 7) is 0. The van der Waals surface area contributed by atoms with Crippen LogP contribution in [-0.2, 0) is 9.53 Å². The first kappa shape index (κ1) is 13.6. The maximum atomic E-state index is 11.4. The van der Waals surface area contributed by atoms with E-state index < -0.39 is 11.5 Å². The second-order valence-electron chi connectivity index (χ2n) is 4.41. The number of nitrogens with one attached hydrogen (secondary N) is 1. The van der Waals surface area contributed by atoms with E-state index in [1.165, 1.54) is 0 Å². The van der Waals surface area contributed by atoms with Crippen LogP contribution in [0.2, 0.25) is 5.02 Å². The lowest BCUT2D eigenvalue weighted by molar-refractivity contribution is -0.151. The Morgan fingerprint density at radius 1 is 1.61 bits per heavy atom. The summed E-state index contributed by atoms with van der Waals surface area (Å²) in [6.07, 6.45) is 0.919. The molecule has 0 bridgehead atoms. The molecule has 2 rings (SSSR count). The normalized spacial score (nSPS) is 26.5. The number of rotatable bonds is 4. The molecule has 0 amide bonds. The van der Waals surface area contributed by atoms with Crippen molar-refractivity contribution < 1.29 is 14.6 Å². The van der Waals surface area contributed by atoms with E-state index in [0.717, 1.165) is 10.2 Å². The van der Waals surface area contributed by atoms with Crippen LogP contribution in [0.5, 0.6) is 0 Å². The molecule has 1 fully saturated rings. The zero-order chi connectivity index (χ0) is 13.3. The van der Waals surface area contributed by atoms with Crippen molar-refractivity contribution in [2.75, 3.05) is 12.4 Å². The van der Waals surface area contributed by atoms with E-state index in [1.807, 2.05) is 0 Å². The number of halogens is 2. The molecule has 0 heterocycles. The topological polar surface area (TPSA) is 58.6 Å². The number of carboxylic acid groups (broad SMARTS) is 1. The Labute approximate surface area is 118 Å². The second-order valence-corrected chi connectivity index (χ2v) is 5.67. The van der Waals surface area contributed by atoms with Crippen LogP contribution in [-0.4, -0.2) is 29.8 Å². The molecule has 18 heavy (non-hydrogen) atoms. The van der Waals surface area contributed by atoms with Crippen LogP contribution in [0, 0.1) is 0 Å². The fraction of sp³-hybridized carbons (Fsp3) is 0.417. The number of aliphatic carboxylic acids is 1. The molecule has 0 aliphatic heterocycles. The van der Waals surface area contributed by atoms with E-state index in [1.54, 1.807) is 25.3 Å². The van der Waals surface area contributed by atoms with Gasteiger partial charge in [0.2, 0.25) is 0 Å². The summed E-state index contributed by atoms with van der Waals surface area (Å²) in [5, 5.41) is 13.0. The molecule has 0 aromatic heterocycles. The van der Waals surface area contributed by atoms with Crippen LogP contribution in [0.4, 0.5) is 5.69 Å². The van der Waals surface area contributed by atoms with Crippen molar-refractivity contribution >= 4 is 39.2 Å². The van der Waals surface area contributed by atoms with Crippen LogP contribution in [0.25, 0.3) is 0 Å². The number of benzene rings is 1. The first-order valence-electron chi connectivity index (χ1n) is 5.46. The third-order valence-electron chi connectivity index (χ3n) is 3.20. The molecule has 1 aromatic carbocycles. The van der Waals surface area contributed by atoms with Crippen molar-refractivity contribution in [3.63, 3.8) is 0 Å². The first-order valence-corrected chi connectivity index (χ1v) is 6.63. The smallest absolute Gasteiger partial charge is 0.329 e. The summed E-state index contributed by atoms with van der Waals surface area (Å²) in [7, 11) is 1.59. The molecule has 98 valence electrons. The van der Waals surface area contributed by atoms with Gasteiger partial charge in [0.15, 0.2) is 0 Å². The van der Waals surface area contributed by atoms with E-state index >= 15 is 0 Å².